The molecule has 3 rings (SSSR count). The molecule has 1 aromatic rings. The lowest BCUT2D eigenvalue weighted by Crippen LogP contribution is -2.38. The summed E-state index contributed by atoms with van der Waals surface area (Å²) in [4.78, 5) is 40.4. The Morgan fingerprint density at radius 1 is 1.18 bits per heavy atom. The van der Waals surface area contributed by atoms with Crippen LogP contribution in [0.15, 0.2) is 6.07 Å². The van der Waals surface area contributed by atoms with Crippen LogP contribution in [-0.4, -0.2) is 41.6 Å². The minimum atomic E-state index is -0.170. The fourth-order valence-electron chi connectivity index (χ4n) is 3.11. The number of imide groups is 1. The van der Waals surface area contributed by atoms with E-state index < -0.39 is 0 Å². The number of fused-ring (bicyclic) bond motifs is 1. The number of carbonyl (C=O) groups is 3. The van der Waals surface area contributed by atoms with Gasteiger partial charge < -0.3 is 4.90 Å². The van der Waals surface area contributed by atoms with Crippen molar-refractivity contribution in [2.45, 2.75) is 45.6 Å². The van der Waals surface area contributed by atoms with Crippen molar-refractivity contribution >= 4 is 33.9 Å². The van der Waals surface area contributed by atoms with Gasteiger partial charge in [0.2, 0.25) is 0 Å². The van der Waals surface area contributed by atoms with E-state index in [1.54, 1.807) is 0 Å². The number of ketones is 1. The van der Waals surface area contributed by atoms with Crippen molar-refractivity contribution in [3.8, 4) is 0 Å². The van der Waals surface area contributed by atoms with Gasteiger partial charge in [0.05, 0.1) is 10.6 Å². The molecule has 0 saturated carbocycles. The molecule has 2 aliphatic heterocycles. The number of Topliss-reactive ketones (excluding diaryl/α,β-unsaturated/α-hetero) is 1. The number of thiophene rings is 1. The highest BCUT2D eigenvalue weighted by Gasteiger charge is 2.40. The van der Waals surface area contributed by atoms with Crippen LogP contribution in [-0.2, 0) is 4.79 Å². The predicted molar refractivity (Wildman–Crippen MR) is 85.6 cm³/mol. The minimum absolute atomic E-state index is 0.0549. The Bertz CT molecular complexity index is 594. The van der Waals surface area contributed by atoms with Gasteiger partial charge in [-0.3, -0.25) is 19.3 Å². The summed E-state index contributed by atoms with van der Waals surface area (Å²) in [6.07, 6.45) is 2.86. The molecule has 22 heavy (non-hydrogen) atoms. The highest BCUT2D eigenvalue weighted by Crippen LogP contribution is 2.38. The van der Waals surface area contributed by atoms with E-state index in [0.29, 0.717) is 36.4 Å². The van der Waals surface area contributed by atoms with Gasteiger partial charge in [0, 0.05) is 32.0 Å². The first-order valence-electron chi connectivity index (χ1n) is 7.81. The van der Waals surface area contributed by atoms with Crippen molar-refractivity contribution in [1.82, 2.24) is 4.90 Å². The molecule has 0 N–H and O–H groups in total. The van der Waals surface area contributed by atoms with Gasteiger partial charge in [-0.1, -0.05) is 13.3 Å². The molecule has 5 nitrogen and oxygen atoms in total. The van der Waals surface area contributed by atoms with Crippen LogP contribution in [0.5, 0.6) is 0 Å². The summed E-state index contributed by atoms with van der Waals surface area (Å²) in [6, 6.07) is 1.77. The van der Waals surface area contributed by atoms with Crippen molar-refractivity contribution < 1.29 is 14.4 Å². The molecule has 6 heteroatoms. The molecule has 1 saturated heterocycles. The zero-order valence-corrected chi connectivity index (χ0v) is 13.7. The molecule has 2 aliphatic rings. The smallest absolute Gasteiger partial charge is 0.271 e. The number of rotatable bonds is 4. The first kappa shape index (κ1) is 15.2. The summed E-state index contributed by atoms with van der Waals surface area (Å²) in [5, 5.41) is 0.932. The molecule has 0 bridgehead atoms. The van der Waals surface area contributed by atoms with Gasteiger partial charge in [0.1, 0.15) is 10.7 Å². The van der Waals surface area contributed by atoms with Crippen LogP contribution in [0.25, 0.3) is 0 Å². The molecule has 3 heterocycles. The molecule has 2 amide bonds. The highest BCUT2D eigenvalue weighted by molar-refractivity contribution is 7.18. The zero-order chi connectivity index (χ0) is 15.9. The van der Waals surface area contributed by atoms with Crippen LogP contribution in [0.4, 0.5) is 5.00 Å². The number of hydrogen-bond acceptors (Lipinski definition) is 5. The van der Waals surface area contributed by atoms with Crippen LogP contribution >= 0.6 is 11.3 Å². The van der Waals surface area contributed by atoms with Crippen molar-refractivity contribution in [3.05, 3.63) is 16.5 Å². The fraction of sp³-hybridized carbons (Fsp3) is 0.562. The number of piperidine rings is 1. The Labute approximate surface area is 133 Å². The average molecular weight is 320 g/mol. The van der Waals surface area contributed by atoms with Gasteiger partial charge in [0.15, 0.2) is 0 Å². The third kappa shape index (κ3) is 2.45. The van der Waals surface area contributed by atoms with Gasteiger partial charge >= 0.3 is 0 Å². The van der Waals surface area contributed by atoms with E-state index in [9.17, 15) is 14.4 Å². The summed E-state index contributed by atoms with van der Waals surface area (Å²) in [5.74, 6) is -0.0473. The van der Waals surface area contributed by atoms with E-state index in [4.69, 9.17) is 0 Å². The fourth-order valence-corrected chi connectivity index (χ4v) is 4.25. The van der Waals surface area contributed by atoms with Crippen molar-refractivity contribution in [1.29, 1.82) is 0 Å². The molecule has 1 atom stereocenters. The Morgan fingerprint density at radius 2 is 1.86 bits per heavy atom. The normalized spacial score (nSPS) is 19.8. The number of nitrogens with zero attached hydrogens (tertiary/aromatic N) is 2. The zero-order valence-electron chi connectivity index (χ0n) is 12.9. The number of anilines is 1. The summed E-state index contributed by atoms with van der Waals surface area (Å²) in [7, 11) is 0. The van der Waals surface area contributed by atoms with E-state index in [1.807, 2.05) is 19.9 Å². The van der Waals surface area contributed by atoms with Crippen LogP contribution in [0.3, 0.4) is 0 Å². The molecule has 1 aromatic heterocycles. The van der Waals surface area contributed by atoms with E-state index >= 15 is 0 Å². The number of carbonyl (C=O) groups excluding carboxylic acids is 3. The lowest BCUT2D eigenvalue weighted by atomic mass is 10.1. The molecule has 0 radical (unpaired) electrons. The highest BCUT2D eigenvalue weighted by atomic mass is 32.1. The third-order valence-electron chi connectivity index (χ3n) is 4.36. The van der Waals surface area contributed by atoms with Gasteiger partial charge in [-0.25, -0.2) is 0 Å². The molecular weight excluding hydrogens is 300 g/mol. The molecule has 0 aliphatic carbocycles. The summed E-state index contributed by atoms with van der Waals surface area (Å²) >= 11 is 1.38. The third-order valence-corrected chi connectivity index (χ3v) is 5.55. The molecular formula is C16H20N2O3S. The van der Waals surface area contributed by atoms with Crippen LogP contribution in [0.2, 0.25) is 0 Å². The van der Waals surface area contributed by atoms with Gasteiger partial charge in [-0.05, 0) is 19.4 Å². The Morgan fingerprint density at radius 3 is 2.45 bits per heavy atom. The maximum Gasteiger partial charge on any atom is 0.271 e. The predicted octanol–water partition coefficient (Wildman–Crippen LogP) is 2.70. The van der Waals surface area contributed by atoms with Crippen molar-refractivity contribution in [2.75, 3.05) is 18.0 Å². The quantitative estimate of drug-likeness (QED) is 0.800. The van der Waals surface area contributed by atoms with Crippen molar-refractivity contribution in [2.24, 2.45) is 0 Å². The molecule has 1 fully saturated rings. The van der Waals surface area contributed by atoms with Crippen molar-refractivity contribution in [3.63, 3.8) is 0 Å². The number of amides is 2. The molecule has 0 aromatic carbocycles. The Kier molecular flexibility index (Phi) is 4.04. The second kappa shape index (κ2) is 5.83. The van der Waals surface area contributed by atoms with Gasteiger partial charge in [0.25, 0.3) is 11.8 Å². The van der Waals surface area contributed by atoms with E-state index in [0.717, 1.165) is 17.8 Å². The van der Waals surface area contributed by atoms with E-state index in [1.165, 1.54) is 16.2 Å². The lowest BCUT2D eigenvalue weighted by molar-refractivity contribution is -0.119. The summed E-state index contributed by atoms with van der Waals surface area (Å²) in [5.41, 5.74) is 0.532. The van der Waals surface area contributed by atoms with Crippen LogP contribution < -0.4 is 4.90 Å². The first-order valence-corrected chi connectivity index (χ1v) is 8.63. The lowest BCUT2D eigenvalue weighted by Gasteiger charge is -2.27. The minimum Gasteiger partial charge on any atom is -0.363 e. The average Bonchev–Trinajstić information content (AvgIpc) is 3.01. The summed E-state index contributed by atoms with van der Waals surface area (Å²) < 4.78 is 0. The van der Waals surface area contributed by atoms with Gasteiger partial charge in [-0.15, -0.1) is 11.3 Å². The second-order valence-electron chi connectivity index (χ2n) is 5.97. The van der Waals surface area contributed by atoms with Crippen LogP contribution in [0, 0.1) is 0 Å². The molecule has 1 unspecified atom stereocenters. The Balaban J connectivity index is 1.81. The van der Waals surface area contributed by atoms with Gasteiger partial charge in [-0.2, -0.15) is 0 Å². The maximum absolute atomic E-state index is 12.5. The molecule has 118 valence electrons. The Hall–Kier alpha value is -1.69. The summed E-state index contributed by atoms with van der Waals surface area (Å²) in [6.45, 7) is 5.33. The largest absolute Gasteiger partial charge is 0.363 e. The maximum atomic E-state index is 12.5. The molecule has 0 spiro atoms. The second-order valence-corrected chi connectivity index (χ2v) is 7.00. The SMILES string of the molecule is CCCC(C)N1C(=O)c2cc(N3CCC(=O)CC3)sc2C1=O. The first-order chi connectivity index (χ1) is 10.5. The monoisotopic (exact) mass is 320 g/mol. The standard InChI is InChI=1S/C16H20N2O3S/c1-3-4-10(2)18-15(20)12-9-13(22-14(12)16(18)21)17-7-5-11(19)6-8-17/h9-10H,3-8H2,1-2H3. The topological polar surface area (TPSA) is 57.7 Å². The number of hydrogen-bond donors (Lipinski definition) is 0. The van der Waals surface area contributed by atoms with E-state index in [-0.39, 0.29) is 23.6 Å². The van der Waals surface area contributed by atoms with Crippen LogP contribution in [0.1, 0.15) is 59.6 Å². The van der Waals surface area contributed by atoms with E-state index in [2.05, 4.69) is 4.90 Å².